The van der Waals surface area contributed by atoms with E-state index in [-0.39, 0.29) is 23.8 Å². The molecule has 0 fully saturated rings. The minimum atomic E-state index is -4.74. The van der Waals surface area contributed by atoms with Crippen LogP contribution in [0, 0.1) is 0 Å². The van der Waals surface area contributed by atoms with Gasteiger partial charge in [0.15, 0.2) is 5.69 Å². The van der Waals surface area contributed by atoms with Crippen LogP contribution >= 0.6 is 0 Å². The highest BCUT2D eigenvalue weighted by Gasteiger charge is 2.36. The molecule has 3 aromatic carbocycles. The summed E-state index contributed by atoms with van der Waals surface area (Å²) in [4.78, 5) is 25.3. The average Bonchev–Trinajstić information content (AvgIpc) is 3.32. The van der Waals surface area contributed by atoms with E-state index in [9.17, 15) is 22.8 Å². The maximum atomic E-state index is 13.3. The minimum Gasteiger partial charge on any atom is -0.326 e. The predicted octanol–water partition coefficient (Wildman–Crippen LogP) is 4.85. The molecule has 1 aromatic heterocycles. The van der Waals surface area contributed by atoms with Crippen LogP contribution in [0.4, 0.5) is 24.5 Å². The van der Waals surface area contributed by atoms with Crippen LogP contribution in [0.1, 0.15) is 32.1 Å². The number of anilines is 2. The van der Waals surface area contributed by atoms with Gasteiger partial charge in [0, 0.05) is 29.5 Å². The summed E-state index contributed by atoms with van der Waals surface area (Å²) in [6.07, 6.45) is -4.74. The van der Waals surface area contributed by atoms with Gasteiger partial charge in [0.05, 0.1) is 5.69 Å². The van der Waals surface area contributed by atoms with Gasteiger partial charge in [-0.3, -0.25) is 9.59 Å². The normalized spacial score (nSPS) is 11.2. The third-order valence-corrected chi connectivity index (χ3v) is 5.06. The fraction of sp³-hybridized carbons (Fsp3) is 0.0800. The van der Waals surface area contributed by atoms with Crippen molar-refractivity contribution in [3.63, 3.8) is 0 Å². The molecule has 4 aromatic rings. The number of para-hydroxylation sites is 1. The fourth-order valence-corrected chi connectivity index (χ4v) is 3.32. The Kier molecular flexibility index (Phi) is 6.65. The maximum absolute atomic E-state index is 13.3. The third-order valence-electron chi connectivity index (χ3n) is 5.06. The quantitative estimate of drug-likeness (QED) is 0.368. The first-order valence-electron chi connectivity index (χ1n) is 10.5. The Hall–Kier alpha value is -4.44. The summed E-state index contributed by atoms with van der Waals surface area (Å²) in [6, 6.07) is 22.0. The maximum Gasteiger partial charge on any atom is 0.435 e. The highest BCUT2D eigenvalue weighted by Crippen LogP contribution is 2.30. The lowest BCUT2D eigenvalue weighted by molar-refractivity contribution is -0.141. The van der Waals surface area contributed by atoms with Crippen LogP contribution in [-0.2, 0) is 12.7 Å². The monoisotopic (exact) mass is 479 g/mol. The molecule has 2 amide bonds. The zero-order valence-electron chi connectivity index (χ0n) is 18.2. The number of hydrogen-bond acceptors (Lipinski definition) is 4. The SMILES string of the molecule is NCc1cccc(-n2nc(C(F)(F)F)cc2C(=O)Nc2ccc(C(=O)Nc3ccccc3)cc2)c1. The van der Waals surface area contributed by atoms with Crippen molar-refractivity contribution in [1.82, 2.24) is 9.78 Å². The number of carbonyl (C=O) groups is 2. The van der Waals surface area contributed by atoms with Crippen LogP contribution in [0.2, 0.25) is 0 Å². The first kappa shape index (κ1) is 23.7. The number of carbonyl (C=O) groups excluding carboxylic acids is 2. The molecule has 35 heavy (non-hydrogen) atoms. The zero-order chi connectivity index (χ0) is 25.0. The Labute approximate surface area is 198 Å². The Morgan fingerprint density at radius 2 is 1.49 bits per heavy atom. The van der Waals surface area contributed by atoms with E-state index in [0.717, 1.165) is 4.68 Å². The molecule has 0 bridgehead atoms. The molecule has 10 heteroatoms. The van der Waals surface area contributed by atoms with Gasteiger partial charge < -0.3 is 16.4 Å². The van der Waals surface area contributed by atoms with Crippen LogP contribution in [0.3, 0.4) is 0 Å². The molecule has 0 aliphatic carbocycles. The smallest absolute Gasteiger partial charge is 0.326 e. The van der Waals surface area contributed by atoms with Crippen molar-refractivity contribution >= 4 is 23.2 Å². The Morgan fingerprint density at radius 1 is 0.829 bits per heavy atom. The molecule has 4 N–H and O–H groups in total. The van der Waals surface area contributed by atoms with Gasteiger partial charge in [0.25, 0.3) is 11.8 Å². The fourth-order valence-electron chi connectivity index (χ4n) is 3.32. The molecule has 0 saturated heterocycles. The second kappa shape index (κ2) is 9.82. The van der Waals surface area contributed by atoms with E-state index in [0.29, 0.717) is 28.6 Å². The standard InChI is InChI=1S/C25H20F3N5O2/c26-25(27,28)22-14-21(33(32-22)20-8-4-5-16(13-20)15-29)24(35)31-19-11-9-17(10-12-19)23(34)30-18-6-2-1-3-7-18/h1-14H,15,29H2,(H,30,34)(H,31,35). The van der Waals surface area contributed by atoms with Crippen molar-refractivity contribution in [2.24, 2.45) is 5.73 Å². The second-order valence-electron chi connectivity index (χ2n) is 7.55. The van der Waals surface area contributed by atoms with E-state index in [1.807, 2.05) is 6.07 Å². The highest BCUT2D eigenvalue weighted by atomic mass is 19.4. The number of nitrogens with zero attached hydrogens (tertiary/aromatic N) is 2. The first-order chi connectivity index (χ1) is 16.7. The van der Waals surface area contributed by atoms with E-state index in [1.165, 1.54) is 30.3 Å². The van der Waals surface area contributed by atoms with Gasteiger partial charge in [-0.15, -0.1) is 0 Å². The zero-order valence-corrected chi connectivity index (χ0v) is 18.2. The summed E-state index contributed by atoms with van der Waals surface area (Å²) in [7, 11) is 0. The number of hydrogen-bond donors (Lipinski definition) is 3. The molecule has 0 aliphatic heterocycles. The molecule has 0 unspecified atom stereocenters. The summed E-state index contributed by atoms with van der Waals surface area (Å²) >= 11 is 0. The lowest BCUT2D eigenvalue weighted by atomic mass is 10.2. The molecule has 178 valence electrons. The number of benzene rings is 3. The number of rotatable bonds is 6. The molecule has 1 heterocycles. The van der Waals surface area contributed by atoms with Crippen LogP contribution in [0.5, 0.6) is 0 Å². The number of halogens is 3. The number of alkyl halides is 3. The Morgan fingerprint density at radius 3 is 2.14 bits per heavy atom. The van der Waals surface area contributed by atoms with Crippen molar-refractivity contribution in [3.05, 3.63) is 107 Å². The summed E-state index contributed by atoms with van der Waals surface area (Å²) in [5, 5.41) is 8.90. The lowest BCUT2D eigenvalue weighted by Gasteiger charge is -2.10. The van der Waals surface area contributed by atoms with E-state index in [4.69, 9.17) is 5.73 Å². The number of nitrogens with one attached hydrogen (secondary N) is 2. The summed E-state index contributed by atoms with van der Waals surface area (Å²) in [5.74, 6) is -1.14. The predicted molar refractivity (Wildman–Crippen MR) is 125 cm³/mol. The average molecular weight is 479 g/mol. The molecule has 0 atom stereocenters. The van der Waals surface area contributed by atoms with E-state index in [1.54, 1.807) is 42.5 Å². The molecule has 0 radical (unpaired) electrons. The van der Waals surface area contributed by atoms with Crippen molar-refractivity contribution < 1.29 is 22.8 Å². The van der Waals surface area contributed by atoms with Crippen molar-refractivity contribution in [2.75, 3.05) is 10.6 Å². The largest absolute Gasteiger partial charge is 0.435 e. The number of nitrogens with two attached hydrogens (primary N) is 1. The van der Waals surface area contributed by atoms with Crippen molar-refractivity contribution in [2.45, 2.75) is 12.7 Å². The van der Waals surface area contributed by atoms with Crippen molar-refractivity contribution in [3.8, 4) is 5.69 Å². The molecular weight excluding hydrogens is 459 g/mol. The lowest BCUT2D eigenvalue weighted by Crippen LogP contribution is -2.17. The number of aromatic nitrogens is 2. The van der Waals surface area contributed by atoms with Crippen LogP contribution in [0.15, 0.2) is 84.9 Å². The molecule has 0 spiro atoms. The summed E-state index contributed by atoms with van der Waals surface area (Å²) in [5.41, 5.74) is 6.32. The number of amides is 2. The molecule has 0 saturated carbocycles. The van der Waals surface area contributed by atoms with E-state index >= 15 is 0 Å². The minimum absolute atomic E-state index is 0.174. The summed E-state index contributed by atoms with van der Waals surface area (Å²) < 4.78 is 41.0. The molecule has 4 rings (SSSR count). The van der Waals surface area contributed by atoms with Crippen LogP contribution in [-0.4, -0.2) is 21.6 Å². The van der Waals surface area contributed by atoms with Crippen molar-refractivity contribution in [1.29, 1.82) is 0 Å². The molecule has 0 aliphatic rings. The van der Waals surface area contributed by atoms with Gasteiger partial charge in [-0.05, 0) is 54.1 Å². The Balaban J connectivity index is 1.56. The topological polar surface area (TPSA) is 102 Å². The van der Waals surface area contributed by atoms with Gasteiger partial charge >= 0.3 is 6.18 Å². The highest BCUT2D eigenvalue weighted by molar-refractivity contribution is 6.06. The second-order valence-corrected chi connectivity index (χ2v) is 7.55. The van der Waals surface area contributed by atoms with Gasteiger partial charge in [-0.1, -0.05) is 30.3 Å². The van der Waals surface area contributed by atoms with E-state index in [2.05, 4.69) is 15.7 Å². The van der Waals surface area contributed by atoms with Crippen LogP contribution < -0.4 is 16.4 Å². The third kappa shape index (κ3) is 5.56. The molecular formula is C25H20F3N5O2. The first-order valence-corrected chi connectivity index (χ1v) is 10.5. The van der Waals surface area contributed by atoms with E-state index < -0.39 is 17.8 Å². The van der Waals surface area contributed by atoms with Gasteiger partial charge in [0.2, 0.25) is 0 Å². The summed E-state index contributed by atoms with van der Waals surface area (Å²) in [6.45, 7) is 0.174. The van der Waals surface area contributed by atoms with Crippen LogP contribution in [0.25, 0.3) is 5.69 Å². The van der Waals surface area contributed by atoms with Gasteiger partial charge in [0.1, 0.15) is 5.69 Å². The Bertz CT molecular complexity index is 1350. The molecule has 7 nitrogen and oxygen atoms in total. The van der Waals surface area contributed by atoms with Gasteiger partial charge in [-0.2, -0.15) is 18.3 Å². The van der Waals surface area contributed by atoms with Gasteiger partial charge in [-0.25, -0.2) is 4.68 Å².